The highest BCUT2D eigenvalue weighted by atomic mass is 16.3. The molecule has 0 saturated heterocycles. The van der Waals surface area contributed by atoms with Crippen LogP contribution >= 0.6 is 0 Å². The van der Waals surface area contributed by atoms with Gasteiger partial charge in [0.2, 0.25) is 0 Å². The number of hydrogen-bond donors (Lipinski definition) is 0. The van der Waals surface area contributed by atoms with Crippen LogP contribution in [0.25, 0.3) is 0 Å². The van der Waals surface area contributed by atoms with E-state index in [1.807, 2.05) is 31.1 Å². The molecule has 0 saturated carbocycles. The first-order valence-electron chi connectivity index (χ1n) is 3.23. The third-order valence-corrected chi connectivity index (χ3v) is 0.851. The van der Waals surface area contributed by atoms with Gasteiger partial charge in [-0.25, -0.2) is 0 Å². The van der Waals surface area contributed by atoms with E-state index in [0.717, 1.165) is 0 Å². The van der Waals surface area contributed by atoms with E-state index in [1.165, 1.54) is 0 Å². The van der Waals surface area contributed by atoms with Crippen LogP contribution in [0.15, 0.2) is 58.2 Å². The Morgan fingerprint density at radius 3 is 1.00 bits per heavy atom. The Morgan fingerprint density at radius 1 is 0.667 bits per heavy atom. The summed E-state index contributed by atoms with van der Waals surface area (Å²) < 4.78 is 9.17. The van der Waals surface area contributed by atoms with Crippen molar-refractivity contribution in [3.05, 3.63) is 49.3 Å². The fraction of sp³-hybridized carbons (Fsp3) is 0. The molecule has 0 amide bonds. The molecule has 0 radical (unpaired) electrons. The molecular weight excluding hydrogens is 156 g/mol. The van der Waals surface area contributed by atoms with Crippen molar-refractivity contribution in [1.82, 2.24) is 0 Å². The third kappa shape index (κ3) is 6.35. The maximum absolute atomic E-state index is 8.00. The van der Waals surface area contributed by atoms with Gasteiger partial charge in [0.15, 0.2) is 0 Å². The lowest BCUT2D eigenvalue weighted by molar-refractivity contribution is -0.0979. The van der Waals surface area contributed by atoms with Crippen molar-refractivity contribution in [3.63, 3.8) is 0 Å². The monoisotopic (exact) mass is 166 g/mol. The first-order valence-corrected chi connectivity index (χ1v) is 3.23. The first-order chi connectivity index (χ1) is 6.00. The molecule has 2 rings (SSSR count). The Hall–Kier alpha value is -1.77. The van der Waals surface area contributed by atoms with Crippen LogP contribution in [0.1, 0.15) is 0 Å². The minimum Gasteiger partial charge on any atom is -0.473 e. The van der Waals surface area contributed by atoms with E-state index in [4.69, 9.17) is 4.79 Å². The minimum absolute atomic E-state index is 1.62. The number of carbonyl (C=O) groups is 1. The van der Waals surface area contributed by atoms with E-state index in [2.05, 4.69) is 8.83 Å². The molecule has 0 N–H and O–H groups in total. The summed E-state index contributed by atoms with van der Waals surface area (Å²) in [5, 5.41) is 0. The summed E-state index contributed by atoms with van der Waals surface area (Å²) in [4.78, 5) is 8.00. The van der Waals surface area contributed by atoms with Crippen LogP contribution in [0.2, 0.25) is 0 Å². The largest absolute Gasteiger partial charge is 0.473 e. The van der Waals surface area contributed by atoms with Gasteiger partial charge in [0.25, 0.3) is 0 Å². The van der Waals surface area contributed by atoms with Gasteiger partial charge in [-0.15, -0.1) is 0 Å². The summed E-state index contributed by atoms with van der Waals surface area (Å²) in [6.07, 6.45) is 6.50. The topological polar surface area (TPSA) is 43.4 Å². The second-order valence-corrected chi connectivity index (χ2v) is 1.59. The summed E-state index contributed by atoms with van der Waals surface area (Å²) in [5.74, 6) is 0. The maximum atomic E-state index is 8.00. The molecule has 2 aromatic rings. The number of rotatable bonds is 0. The maximum Gasteiger partial charge on any atom is 0.106 e. The van der Waals surface area contributed by atoms with Crippen molar-refractivity contribution in [2.75, 3.05) is 0 Å². The van der Waals surface area contributed by atoms with E-state index >= 15 is 0 Å². The lowest BCUT2D eigenvalue weighted by Gasteiger charge is -1.50. The zero-order chi connectivity index (χ0) is 9.07. The smallest absolute Gasteiger partial charge is 0.106 e. The second-order valence-electron chi connectivity index (χ2n) is 1.59. The van der Waals surface area contributed by atoms with Crippen LogP contribution in [-0.4, -0.2) is 6.79 Å². The summed E-state index contributed by atoms with van der Waals surface area (Å²) in [6, 6.07) is 7.33. The lowest BCUT2D eigenvalue weighted by Crippen LogP contribution is -1.16. The summed E-state index contributed by atoms with van der Waals surface area (Å²) in [6.45, 7) is 2.00. The fourth-order valence-electron chi connectivity index (χ4n) is 0.454. The number of furan rings is 2. The normalized spacial score (nSPS) is 7.00. The van der Waals surface area contributed by atoms with Gasteiger partial charge in [-0.1, -0.05) is 0 Å². The average molecular weight is 166 g/mol. The minimum atomic E-state index is 1.62. The highest BCUT2D eigenvalue weighted by molar-refractivity contribution is 5.10. The molecule has 3 nitrogen and oxygen atoms in total. The standard InChI is InChI=1S/2C4H4O.CH2O/c2*1-2-4-5-3-1;1-2/h2*1-4H;1H2. The van der Waals surface area contributed by atoms with Crippen molar-refractivity contribution in [1.29, 1.82) is 0 Å². The Labute approximate surface area is 70.6 Å². The third-order valence-electron chi connectivity index (χ3n) is 0.851. The van der Waals surface area contributed by atoms with Crippen LogP contribution in [0.5, 0.6) is 0 Å². The van der Waals surface area contributed by atoms with E-state index < -0.39 is 0 Å². The molecule has 0 atom stereocenters. The molecule has 0 spiro atoms. The number of carbonyl (C=O) groups excluding carboxylic acids is 1. The summed E-state index contributed by atoms with van der Waals surface area (Å²) in [7, 11) is 0. The van der Waals surface area contributed by atoms with Crippen molar-refractivity contribution >= 4 is 6.79 Å². The molecule has 64 valence electrons. The molecule has 2 heterocycles. The summed E-state index contributed by atoms with van der Waals surface area (Å²) in [5.41, 5.74) is 0. The van der Waals surface area contributed by atoms with E-state index in [1.54, 1.807) is 25.1 Å². The van der Waals surface area contributed by atoms with Crippen molar-refractivity contribution in [3.8, 4) is 0 Å². The molecule has 0 aliphatic rings. The number of hydrogen-bond acceptors (Lipinski definition) is 3. The molecule has 0 unspecified atom stereocenters. The van der Waals surface area contributed by atoms with Gasteiger partial charge in [0, 0.05) is 0 Å². The van der Waals surface area contributed by atoms with E-state index in [-0.39, 0.29) is 0 Å². The molecule has 0 aromatic carbocycles. The molecular formula is C9H10O3. The van der Waals surface area contributed by atoms with Gasteiger partial charge >= 0.3 is 0 Å². The molecule has 2 aromatic heterocycles. The highest BCUT2D eigenvalue weighted by Gasteiger charge is 1.59. The Kier molecular flexibility index (Phi) is 7.87. The predicted octanol–water partition coefficient (Wildman–Crippen LogP) is 2.37. The lowest BCUT2D eigenvalue weighted by atomic mass is 10.7. The highest BCUT2D eigenvalue weighted by Crippen LogP contribution is 1.80. The molecule has 0 aliphatic heterocycles. The molecule has 0 aliphatic carbocycles. The summed E-state index contributed by atoms with van der Waals surface area (Å²) >= 11 is 0. The zero-order valence-corrected chi connectivity index (χ0v) is 6.55. The van der Waals surface area contributed by atoms with Crippen molar-refractivity contribution in [2.24, 2.45) is 0 Å². The fourth-order valence-corrected chi connectivity index (χ4v) is 0.454. The Balaban J connectivity index is 0.000000168. The van der Waals surface area contributed by atoms with Crippen LogP contribution in [0, 0.1) is 0 Å². The van der Waals surface area contributed by atoms with Crippen molar-refractivity contribution in [2.45, 2.75) is 0 Å². The van der Waals surface area contributed by atoms with Gasteiger partial charge in [0.1, 0.15) is 6.79 Å². The van der Waals surface area contributed by atoms with E-state index in [9.17, 15) is 0 Å². The van der Waals surface area contributed by atoms with Gasteiger partial charge in [-0.05, 0) is 24.3 Å². The molecule has 3 heteroatoms. The van der Waals surface area contributed by atoms with Crippen LogP contribution in [-0.2, 0) is 4.79 Å². The van der Waals surface area contributed by atoms with E-state index in [0.29, 0.717) is 0 Å². The van der Waals surface area contributed by atoms with Crippen molar-refractivity contribution < 1.29 is 13.6 Å². The van der Waals surface area contributed by atoms with Gasteiger partial charge in [0.05, 0.1) is 25.1 Å². The molecule has 0 fully saturated rings. The van der Waals surface area contributed by atoms with Gasteiger partial charge in [-0.3, -0.25) is 0 Å². The van der Waals surface area contributed by atoms with Crippen LogP contribution < -0.4 is 0 Å². The zero-order valence-electron chi connectivity index (χ0n) is 6.55. The SMILES string of the molecule is C=O.c1ccoc1.c1ccoc1. The first kappa shape index (κ1) is 10.2. The molecule has 12 heavy (non-hydrogen) atoms. The molecule has 0 bridgehead atoms. The Morgan fingerprint density at radius 2 is 0.917 bits per heavy atom. The van der Waals surface area contributed by atoms with Gasteiger partial charge in [-0.2, -0.15) is 0 Å². The second kappa shape index (κ2) is 9.23. The van der Waals surface area contributed by atoms with Crippen LogP contribution in [0.4, 0.5) is 0 Å². The quantitative estimate of drug-likeness (QED) is 0.603. The predicted molar refractivity (Wildman–Crippen MR) is 44.5 cm³/mol. The van der Waals surface area contributed by atoms with Crippen LogP contribution in [0.3, 0.4) is 0 Å². The average Bonchev–Trinajstić information content (AvgIpc) is 2.87. The van der Waals surface area contributed by atoms with Gasteiger partial charge < -0.3 is 13.6 Å². The Bertz CT molecular complexity index is 161.